The monoisotopic (exact) mass is 386 g/mol. The molecule has 0 aliphatic rings. The molecule has 0 fully saturated rings. The van der Waals surface area contributed by atoms with Crippen molar-refractivity contribution >= 4 is 39.5 Å². The molecule has 0 unspecified atom stereocenters. The molecule has 8 heteroatoms. The molecule has 0 bridgehead atoms. The lowest BCUT2D eigenvalue weighted by molar-refractivity contribution is -0.383. The van der Waals surface area contributed by atoms with Gasteiger partial charge in [-0.25, -0.2) is 9.97 Å². The van der Waals surface area contributed by atoms with Gasteiger partial charge in [0.2, 0.25) is 11.6 Å². The molecular weight excluding hydrogens is 368 g/mol. The minimum atomic E-state index is -0.452. The van der Waals surface area contributed by atoms with Crippen molar-refractivity contribution in [1.82, 2.24) is 15.0 Å². The van der Waals surface area contributed by atoms with Crippen LogP contribution in [0.2, 0.25) is 0 Å². The van der Waals surface area contributed by atoms with E-state index in [0.717, 1.165) is 16.5 Å². The van der Waals surface area contributed by atoms with Crippen LogP contribution in [-0.2, 0) is 0 Å². The van der Waals surface area contributed by atoms with Crippen molar-refractivity contribution in [2.24, 2.45) is 0 Å². The Hall–Kier alpha value is -4.07. The average Bonchev–Trinajstić information content (AvgIpc) is 2.75. The number of hydrogen-bond acceptors (Lipinski definition) is 7. The molecule has 0 spiro atoms. The third kappa shape index (κ3) is 3.55. The lowest BCUT2D eigenvalue weighted by Gasteiger charge is -2.24. The minimum absolute atomic E-state index is 0.130. The van der Waals surface area contributed by atoms with Crippen LogP contribution in [0.5, 0.6) is 0 Å². The van der Waals surface area contributed by atoms with Crippen LogP contribution in [0.15, 0.2) is 73.3 Å². The molecule has 0 radical (unpaired) electrons. The fourth-order valence-corrected chi connectivity index (χ4v) is 3.28. The number of nitrogens with one attached hydrogen (secondary N) is 1. The summed E-state index contributed by atoms with van der Waals surface area (Å²) in [5.74, 6) is 0.366. The first-order valence-corrected chi connectivity index (χ1v) is 9.10. The van der Waals surface area contributed by atoms with E-state index in [2.05, 4.69) is 20.3 Å². The fraction of sp³-hybridized carbons (Fsp3) is 0.0952. The van der Waals surface area contributed by atoms with Crippen LogP contribution in [-0.4, -0.2) is 26.4 Å². The Morgan fingerprint density at radius 2 is 1.79 bits per heavy atom. The van der Waals surface area contributed by atoms with Gasteiger partial charge in [0.05, 0.1) is 10.6 Å². The Morgan fingerprint density at radius 3 is 2.55 bits per heavy atom. The van der Waals surface area contributed by atoms with Gasteiger partial charge in [-0.1, -0.05) is 36.4 Å². The first-order valence-electron chi connectivity index (χ1n) is 9.10. The number of fused-ring (bicyclic) bond motifs is 1. The summed E-state index contributed by atoms with van der Waals surface area (Å²) in [7, 11) is 0. The third-order valence-electron chi connectivity index (χ3n) is 4.56. The molecule has 2 heterocycles. The normalized spacial score (nSPS) is 10.7. The van der Waals surface area contributed by atoms with Crippen LogP contribution in [0.3, 0.4) is 0 Å². The molecule has 8 nitrogen and oxygen atoms in total. The molecule has 0 aliphatic carbocycles. The zero-order valence-corrected chi connectivity index (χ0v) is 15.7. The van der Waals surface area contributed by atoms with E-state index in [-0.39, 0.29) is 17.3 Å². The van der Waals surface area contributed by atoms with E-state index >= 15 is 0 Å². The van der Waals surface area contributed by atoms with Crippen molar-refractivity contribution in [1.29, 1.82) is 0 Å². The molecule has 2 aromatic heterocycles. The maximum absolute atomic E-state index is 12.0. The number of benzene rings is 2. The summed E-state index contributed by atoms with van der Waals surface area (Å²) in [6.45, 7) is 2.43. The standard InChI is InChI=1S/C21H18N6O2/c1-2-26(18-9-5-7-15-6-3-4-8-17(15)18)21-19(27(28)29)20(23-14-24-21)25-16-10-12-22-13-11-16/h3-14H,2H2,1H3,(H,22,23,24,25). The van der Waals surface area contributed by atoms with Crippen LogP contribution in [0.4, 0.5) is 28.7 Å². The molecule has 2 aromatic carbocycles. The maximum atomic E-state index is 12.0. The van der Waals surface area contributed by atoms with Gasteiger partial charge in [-0.2, -0.15) is 0 Å². The Bertz CT molecular complexity index is 1160. The first kappa shape index (κ1) is 18.3. The lowest BCUT2D eigenvalue weighted by Crippen LogP contribution is -2.20. The second-order valence-corrected chi connectivity index (χ2v) is 6.26. The Morgan fingerprint density at radius 1 is 1.03 bits per heavy atom. The van der Waals surface area contributed by atoms with Gasteiger partial charge < -0.3 is 10.2 Å². The van der Waals surface area contributed by atoms with Crippen molar-refractivity contribution in [2.75, 3.05) is 16.8 Å². The molecule has 1 N–H and O–H groups in total. The Labute approximate surface area is 167 Å². The van der Waals surface area contributed by atoms with Gasteiger partial charge in [0, 0.05) is 30.0 Å². The van der Waals surface area contributed by atoms with Crippen LogP contribution in [0.1, 0.15) is 6.92 Å². The quantitative estimate of drug-likeness (QED) is 0.374. The molecule has 0 amide bonds. The van der Waals surface area contributed by atoms with E-state index in [0.29, 0.717) is 12.2 Å². The van der Waals surface area contributed by atoms with Gasteiger partial charge in [-0.3, -0.25) is 15.1 Å². The van der Waals surface area contributed by atoms with Crippen molar-refractivity contribution in [3.8, 4) is 0 Å². The van der Waals surface area contributed by atoms with E-state index in [1.165, 1.54) is 6.33 Å². The van der Waals surface area contributed by atoms with E-state index in [1.54, 1.807) is 24.5 Å². The van der Waals surface area contributed by atoms with Gasteiger partial charge in [-0.05, 0) is 30.5 Å². The molecule has 0 saturated heterocycles. The highest BCUT2D eigenvalue weighted by Gasteiger charge is 2.28. The summed E-state index contributed by atoms with van der Waals surface area (Å²) in [5.41, 5.74) is 1.32. The van der Waals surface area contributed by atoms with Crippen LogP contribution >= 0.6 is 0 Å². The van der Waals surface area contributed by atoms with E-state index in [4.69, 9.17) is 0 Å². The van der Waals surface area contributed by atoms with Gasteiger partial charge in [0.15, 0.2) is 0 Å². The number of nitrogens with zero attached hydrogens (tertiary/aromatic N) is 5. The average molecular weight is 386 g/mol. The van der Waals surface area contributed by atoms with Gasteiger partial charge in [-0.15, -0.1) is 0 Å². The summed E-state index contributed by atoms with van der Waals surface area (Å²) in [4.78, 5) is 25.7. The molecule has 144 valence electrons. The highest BCUT2D eigenvalue weighted by Crippen LogP contribution is 2.39. The lowest BCUT2D eigenvalue weighted by atomic mass is 10.1. The highest BCUT2D eigenvalue weighted by atomic mass is 16.6. The zero-order valence-electron chi connectivity index (χ0n) is 15.7. The SMILES string of the molecule is CCN(c1ncnc(Nc2ccncc2)c1[N+](=O)[O-])c1cccc2ccccc12. The van der Waals surface area contributed by atoms with E-state index < -0.39 is 4.92 Å². The molecule has 4 rings (SSSR count). The number of nitro groups is 1. The van der Waals surface area contributed by atoms with Crippen molar-refractivity contribution in [3.05, 3.63) is 83.4 Å². The predicted octanol–water partition coefficient (Wildman–Crippen LogP) is 4.83. The number of anilines is 4. The van der Waals surface area contributed by atoms with E-state index in [9.17, 15) is 10.1 Å². The van der Waals surface area contributed by atoms with Crippen molar-refractivity contribution < 1.29 is 4.92 Å². The molecular formula is C21H18N6O2. The maximum Gasteiger partial charge on any atom is 0.354 e. The summed E-state index contributed by atoms with van der Waals surface area (Å²) in [6, 6.07) is 17.2. The van der Waals surface area contributed by atoms with Crippen LogP contribution in [0.25, 0.3) is 10.8 Å². The second-order valence-electron chi connectivity index (χ2n) is 6.26. The largest absolute Gasteiger partial charge is 0.354 e. The third-order valence-corrected chi connectivity index (χ3v) is 4.56. The molecule has 0 atom stereocenters. The summed E-state index contributed by atoms with van der Waals surface area (Å²) in [6.07, 6.45) is 4.54. The predicted molar refractivity (Wildman–Crippen MR) is 113 cm³/mol. The number of hydrogen-bond donors (Lipinski definition) is 1. The van der Waals surface area contributed by atoms with Crippen LogP contribution in [0, 0.1) is 10.1 Å². The van der Waals surface area contributed by atoms with Crippen molar-refractivity contribution in [3.63, 3.8) is 0 Å². The van der Waals surface area contributed by atoms with Gasteiger partial charge >= 0.3 is 5.69 Å². The molecule has 0 aliphatic heterocycles. The molecule has 0 saturated carbocycles. The smallest absolute Gasteiger partial charge is 0.334 e. The minimum Gasteiger partial charge on any atom is -0.334 e. The Kier molecular flexibility index (Phi) is 4.98. The van der Waals surface area contributed by atoms with Gasteiger partial charge in [0.25, 0.3) is 0 Å². The van der Waals surface area contributed by atoms with Gasteiger partial charge in [0.1, 0.15) is 6.33 Å². The molecule has 4 aromatic rings. The fourth-order valence-electron chi connectivity index (χ4n) is 3.28. The first-order chi connectivity index (χ1) is 14.2. The summed E-state index contributed by atoms with van der Waals surface area (Å²) in [5, 5.41) is 17.0. The number of rotatable bonds is 6. The topological polar surface area (TPSA) is 97.1 Å². The van der Waals surface area contributed by atoms with Crippen LogP contribution < -0.4 is 10.2 Å². The second kappa shape index (κ2) is 7.89. The summed E-state index contributed by atoms with van der Waals surface area (Å²) < 4.78 is 0. The Balaban J connectivity index is 1.86. The summed E-state index contributed by atoms with van der Waals surface area (Å²) >= 11 is 0. The number of pyridine rings is 1. The van der Waals surface area contributed by atoms with Crippen molar-refractivity contribution in [2.45, 2.75) is 6.92 Å². The van der Waals surface area contributed by atoms with E-state index in [1.807, 2.05) is 54.3 Å². The zero-order chi connectivity index (χ0) is 20.2. The number of aromatic nitrogens is 3. The highest BCUT2D eigenvalue weighted by molar-refractivity contribution is 5.96. The molecule has 29 heavy (non-hydrogen) atoms.